The summed E-state index contributed by atoms with van der Waals surface area (Å²) >= 11 is 1.32. The van der Waals surface area contributed by atoms with E-state index in [0.29, 0.717) is 17.7 Å². The number of amides is 1. The van der Waals surface area contributed by atoms with Gasteiger partial charge in [0, 0.05) is 23.6 Å². The van der Waals surface area contributed by atoms with Crippen molar-refractivity contribution in [2.75, 3.05) is 6.26 Å². The number of nitrogens with zero attached hydrogens (tertiary/aromatic N) is 2. The van der Waals surface area contributed by atoms with Crippen molar-refractivity contribution in [2.24, 2.45) is 5.16 Å². The third-order valence-corrected chi connectivity index (χ3v) is 5.38. The topological polar surface area (TPSA) is 72.8 Å². The lowest BCUT2D eigenvalue weighted by Crippen LogP contribution is -2.53. The van der Waals surface area contributed by atoms with Crippen molar-refractivity contribution < 1.29 is 14.4 Å². The number of oxime groups is 1. The Morgan fingerprint density at radius 2 is 2.17 bits per heavy atom. The Morgan fingerprint density at radius 1 is 1.41 bits per heavy atom. The molecule has 1 N–H and O–H groups in total. The molecule has 2 heterocycles. The van der Waals surface area contributed by atoms with E-state index in [0.717, 1.165) is 16.6 Å². The van der Waals surface area contributed by atoms with Gasteiger partial charge in [-0.25, -0.2) is 0 Å². The summed E-state index contributed by atoms with van der Waals surface area (Å²) in [6.45, 7) is 7.76. The second-order valence-electron chi connectivity index (χ2n) is 8.09. The van der Waals surface area contributed by atoms with Crippen molar-refractivity contribution in [1.82, 2.24) is 10.3 Å². The fourth-order valence-corrected chi connectivity index (χ4v) is 3.50. The zero-order chi connectivity index (χ0) is 21.2. The Morgan fingerprint density at radius 3 is 2.79 bits per heavy atom. The van der Waals surface area contributed by atoms with E-state index >= 15 is 0 Å². The van der Waals surface area contributed by atoms with E-state index in [-0.39, 0.29) is 11.5 Å². The maximum Gasteiger partial charge on any atom is 0.272 e. The summed E-state index contributed by atoms with van der Waals surface area (Å²) in [5.74, 6) is 2.92. The summed E-state index contributed by atoms with van der Waals surface area (Å²) in [4.78, 5) is 22.7. The van der Waals surface area contributed by atoms with Crippen molar-refractivity contribution in [2.45, 2.75) is 50.7 Å². The number of hydrogen-bond acceptors (Lipinski definition) is 6. The Bertz CT molecular complexity index is 1010. The van der Waals surface area contributed by atoms with Crippen LogP contribution in [0.1, 0.15) is 39.7 Å². The van der Waals surface area contributed by atoms with Crippen LogP contribution in [0.2, 0.25) is 0 Å². The van der Waals surface area contributed by atoms with Crippen LogP contribution in [-0.4, -0.2) is 39.4 Å². The number of terminal acetylenes is 1. The number of hydrogen-bond donors (Lipinski definition) is 1. The second kappa shape index (κ2) is 7.96. The molecular weight excluding hydrogens is 386 g/mol. The smallest absolute Gasteiger partial charge is 0.272 e. The van der Waals surface area contributed by atoms with Crippen molar-refractivity contribution in [3.63, 3.8) is 0 Å². The molecule has 6 nitrogen and oxygen atoms in total. The monoisotopic (exact) mass is 411 g/mol. The molecule has 0 saturated carbocycles. The Hall–Kier alpha value is -2.72. The highest BCUT2D eigenvalue weighted by atomic mass is 32.2. The Kier molecular flexibility index (Phi) is 5.76. The summed E-state index contributed by atoms with van der Waals surface area (Å²) in [6, 6.07) is 7.34. The highest BCUT2D eigenvalue weighted by Gasteiger charge is 2.39. The molecule has 1 aromatic carbocycles. The van der Waals surface area contributed by atoms with Crippen LogP contribution in [0.25, 0.3) is 10.9 Å². The van der Waals surface area contributed by atoms with Crippen LogP contribution in [0.5, 0.6) is 5.75 Å². The van der Waals surface area contributed by atoms with Crippen molar-refractivity contribution in [3.05, 3.63) is 36.0 Å². The predicted octanol–water partition coefficient (Wildman–Crippen LogP) is 3.73. The first-order valence-corrected chi connectivity index (χ1v) is 10.6. The normalized spacial score (nSPS) is 16.5. The summed E-state index contributed by atoms with van der Waals surface area (Å²) < 4.78 is 5.96. The van der Waals surface area contributed by atoms with E-state index in [1.807, 2.05) is 52.1 Å². The summed E-state index contributed by atoms with van der Waals surface area (Å²) in [5.41, 5.74) is 0.587. The SMILES string of the molecule is C#Cc1cnc2ccc(OC(SC)C(=O)NC(C)(C)C3=NOC(C)(C)C3)cc2c1. The molecule has 0 aliphatic carbocycles. The summed E-state index contributed by atoms with van der Waals surface area (Å²) in [6.07, 6.45) is 9.59. The minimum atomic E-state index is -0.716. The van der Waals surface area contributed by atoms with Gasteiger partial charge in [-0.2, -0.15) is 0 Å². The number of rotatable bonds is 6. The number of pyridine rings is 1. The first-order valence-electron chi connectivity index (χ1n) is 9.27. The van der Waals surface area contributed by atoms with Gasteiger partial charge in [0.1, 0.15) is 11.4 Å². The van der Waals surface area contributed by atoms with Gasteiger partial charge in [-0.05, 0) is 58.2 Å². The molecule has 152 valence electrons. The number of carbonyl (C=O) groups is 1. The molecule has 1 atom stereocenters. The van der Waals surface area contributed by atoms with E-state index in [1.165, 1.54) is 11.8 Å². The van der Waals surface area contributed by atoms with Crippen LogP contribution in [0, 0.1) is 12.3 Å². The minimum absolute atomic E-state index is 0.231. The van der Waals surface area contributed by atoms with Crippen LogP contribution in [0.15, 0.2) is 35.6 Å². The van der Waals surface area contributed by atoms with Gasteiger partial charge in [0.05, 0.1) is 16.8 Å². The van der Waals surface area contributed by atoms with Gasteiger partial charge in [0.2, 0.25) is 5.44 Å². The third kappa shape index (κ3) is 4.83. The lowest BCUT2D eigenvalue weighted by Gasteiger charge is -2.28. The molecule has 3 rings (SSSR count). The number of fused-ring (bicyclic) bond motifs is 1. The van der Waals surface area contributed by atoms with Crippen molar-refractivity contribution >= 4 is 34.3 Å². The predicted molar refractivity (Wildman–Crippen MR) is 117 cm³/mol. The lowest BCUT2D eigenvalue weighted by molar-refractivity contribution is -0.125. The van der Waals surface area contributed by atoms with E-state index < -0.39 is 11.0 Å². The average Bonchev–Trinajstić information content (AvgIpc) is 3.05. The van der Waals surface area contributed by atoms with E-state index in [2.05, 4.69) is 21.4 Å². The summed E-state index contributed by atoms with van der Waals surface area (Å²) in [7, 11) is 0. The maximum absolute atomic E-state index is 12.9. The van der Waals surface area contributed by atoms with Crippen molar-refractivity contribution in [1.29, 1.82) is 0 Å². The zero-order valence-corrected chi connectivity index (χ0v) is 18.1. The molecular formula is C22H25N3O3S. The molecule has 1 aromatic heterocycles. The molecule has 1 amide bonds. The summed E-state index contributed by atoms with van der Waals surface area (Å²) in [5, 5.41) is 8.05. The van der Waals surface area contributed by atoms with Gasteiger partial charge in [0.15, 0.2) is 0 Å². The Labute approximate surface area is 175 Å². The molecule has 0 bridgehead atoms. The van der Waals surface area contributed by atoms with Crippen LogP contribution >= 0.6 is 11.8 Å². The number of carbonyl (C=O) groups excluding carboxylic acids is 1. The highest BCUT2D eigenvalue weighted by Crippen LogP contribution is 2.28. The number of nitrogens with one attached hydrogen (secondary N) is 1. The van der Waals surface area contributed by atoms with Gasteiger partial charge in [0.25, 0.3) is 5.91 Å². The molecule has 1 aliphatic heterocycles. The quantitative estimate of drug-likeness (QED) is 0.579. The molecule has 2 aromatic rings. The van der Waals surface area contributed by atoms with Gasteiger partial charge in [-0.15, -0.1) is 18.2 Å². The van der Waals surface area contributed by atoms with Gasteiger partial charge in [-0.3, -0.25) is 9.78 Å². The average molecular weight is 412 g/mol. The number of thioether (sulfide) groups is 1. The lowest BCUT2D eigenvalue weighted by atomic mass is 9.90. The molecule has 1 unspecified atom stereocenters. The highest BCUT2D eigenvalue weighted by molar-refractivity contribution is 7.99. The van der Waals surface area contributed by atoms with Crippen LogP contribution in [0.3, 0.4) is 0 Å². The second-order valence-corrected chi connectivity index (χ2v) is 8.99. The van der Waals surface area contributed by atoms with Gasteiger partial charge in [-0.1, -0.05) is 11.1 Å². The number of ether oxygens (including phenoxy) is 1. The molecule has 0 saturated heterocycles. The van der Waals surface area contributed by atoms with Crippen molar-refractivity contribution in [3.8, 4) is 18.1 Å². The molecule has 0 fully saturated rings. The zero-order valence-electron chi connectivity index (χ0n) is 17.3. The number of aromatic nitrogens is 1. The molecule has 7 heteroatoms. The van der Waals surface area contributed by atoms with Crippen LogP contribution in [-0.2, 0) is 9.63 Å². The first kappa shape index (κ1) is 21.0. The molecule has 0 spiro atoms. The van der Waals surface area contributed by atoms with Crippen LogP contribution in [0.4, 0.5) is 0 Å². The van der Waals surface area contributed by atoms with Gasteiger partial charge >= 0.3 is 0 Å². The molecule has 0 radical (unpaired) electrons. The van der Waals surface area contributed by atoms with E-state index in [4.69, 9.17) is 16.0 Å². The van der Waals surface area contributed by atoms with E-state index in [9.17, 15) is 4.79 Å². The standard InChI is InChI=1S/C22H25N3O3S/c1-7-14-10-15-11-16(8-9-17(15)23-13-14)27-20(29-6)19(26)24-22(4,5)18-12-21(2,3)28-25-18/h1,8-11,13,20H,12H2,2-6H3,(H,24,26). The van der Waals surface area contributed by atoms with E-state index in [1.54, 1.807) is 12.3 Å². The fraction of sp³-hybridized carbons (Fsp3) is 0.409. The Balaban J connectivity index is 1.73. The minimum Gasteiger partial charge on any atom is -0.470 e. The van der Waals surface area contributed by atoms with Crippen LogP contribution < -0.4 is 10.1 Å². The fourth-order valence-electron chi connectivity index (χ4n) is 3.01. The number of benzene rings is 1. The van der Waals surface area contributed by atoms with Gasteiger partial charge < -0.3 is 14.9 Å². The molecule has 1 aliphatic rings. The molecule has 29 heavy (non-hydrogen) atoms. The third-order valence-electron chi connectivity index (χ3n) is 4.64. The maximum atomic E-state index is 12.9. The first-order chi connectivity index (χ1) is 13.6. The largest absolute Gasteiger partial charge is 0.470 e.